The van der Waals surface area contributed by atoms with Gasteiger partial charge in [0.25, 0.3) is 0 Å². The number of rotatable bonds is 2. The predicted molar refractivity (Wildman–Crippen MR) is 115 cm³/mol. The Morgan fingerprint density at radius 3 is 2.10 bits per heavy atom. The monoisotopic (exact) mass is 382 g/mol. The van der Waals surface area contributed by atoms with E-state index < -0.39 is 0 Å². The quantitative estimate of drug-likeness (QED) is 0.428. The summed E-state index contributed by atoms with van der Waals surface area (Å²) < 4.78 is 5.22. The molecular formula is C23H18N4O2. The highest BCUT2D eigenvalue weighted by Gasteiger charge is 2.12. The standard InChI is InChI=1S/C23H18N4O2/c1-2-29-23(28)21-12-20-11-18-6-5-16(25-18)9-14-3-4-15(24-14)10-17-7-8-19(26-17)13-22(21)27-20/h3-13,25,27H,2H2,1H3. The largest absolute Gasteiger partial charge is 0.462 e. The number of nitrogens with one attached hydrogen (secondary N) is 2. The molecule has 0 saturated heterocycles. The van der Waals surface area contributed by atoms with Crippen molar-refractivity contribution in [1.29, 1.82) is 0 Å². The molecule has 0 unspecified atom stereocenters. The molecule has 0 aliphatic carbocycles. The Labute approximate surface area is 166 Å². The van der Waals surface area contributed by atoms with Gasteiger partial charge in [0, 0.05) is 16.6 Å². The van der Waals surface area contributed by atoms with Gasteiger partial charge in [0.15, 0.2) is 0 Å². The molecule has 0 fully saturated rings. The number of hydrogen-bond acceptors (Lipinski definition) is 4. The summed E-state index contributed by atoms with van der Waals surface area (Å²) in [6.07, 6.45) is 7.79. The number of aromatic nitrogens is 4. The molecule has 0 radical (unpaired) electrons. The highest BCUT2D eigenvalue weighted by molar-refractivity contribution is 5.99. The highest BCUT2D eigenvalue weighted by Crippen LogP contribution is 2.20. The molecule has 2 N–H and O–H groups in total. The second-order valence-corrected chi connectivity index (χ2v) is 6.81. The Kier molecular flexibility index (Phi) is 4.09. The van der Waals surface area contributed by atoms with E-state index in [1.165, 1.54) is 0 Å². The topological polar surface area (TPSA) is 83.7 Å². The van der Waals surface area contributed by atoms with Crippen LogP contribution in [0.25, 0.3) is 46.4 Å². The number of esters is 1. The Hall–Kier alpha value is -3.93. The van der Waals surface area contributed by atoms with Crippen molar-refractivity contribution >= 4 is 52.3 Å². The third-order valence-electron chi connectivity index (χ3n) is 4.66. The first-order valence-corrected chi connectivity index (χ1v) is 9.42. The van der Waals surface area contributed by atoms with Crippen LogP contribution in [0.3, 0.4) is 0 Å². The van der Waals surface area contributed by atoms with Crippen molar-refractivity contribution in [3.63, 3.8) is 0 Å². The Bertz CT molecular complexity index is 1340. The normalized spacial score (nSPS) is 12.3. The van der Waals surface area contributed by atoms with Gasteiger partial charge in [-0.2, -0.15) is 0 Å². The van der Waals surface area contributed by atoms with E-state index in [9.17, 15) is 4.79 Å². The Morgan fingerprint density at radius 2 is 1.41 bits per heavy atom. The summed E-state index contributed by atoms with van der Waals surface area (Å²) in [4.78, 5) is 28.3. The van der Waals surface area contributed by atoms with Gasteiger partial charge in [-0.25, -0.2) is 14.8 Å². The molecule has 0 saturated carbocycles. The molecular weight excluding hydrogens is 364 g/mol. The van der Waals surface area contributed by atoms with Crippen molar-refractivity contribution in [2.75, 3.05) is 6.61 Å². The number of nitrogens with zero attached hydrogens (tertiary/aromatic N) is 2. The molecule has 5 heterocycles. The number of hydrogen-bond donors (Lipinski definition) is 2. The van der Waals surface area contributed by atoms with Crippen LogP contribution < -0.4 is 0 Å². The van der Waals surface area contributed by atoms with Crippen LogP contribution >= 0.6 is 0 Å². The van der Waals surface area contributed by atoms with Crippen LogP contribution in [-0.2, 0) is 4.74 Å². The summed E-state index contributed by atoms with van der Waals surface area (Å²) in [5.74, 6) is -0.361. The Morgan fingerprint density at radius 1 is 0.793 bits per heavy atom. The van der Waals surface area contributed by atoms with Crippen LogP contribution in [-0.4, -0.2) is 32.5 Å². The van der Waals surface area contributed by atoms with Gasteiger partial charge in [0.1, 0.15) is 0 Å². The molecule has 0 aromatic carbocycles. The molecule has 6 heteroatoms. The summed E-state index contributed by atoms with van der Waals surface area (Å²) in [5.41, 5.74) is 7.10. The molecule has 142 valence electrons. The third-order valence-corrected chi connectivity index (χ3v) is 4.66. The molecule has 3 aromatic heterocycles. The third kappa shape index (κ3) is 3.48. The number of H-pyrrole nitrogens is 2. The van der Waals surface area contributed by atoms with Crippen molar-refractivity contribution in [1.82, 2.24) is 19.9 Å². The summed E-state index contributed by atoms with van der Waals surface area (Å²) in [7, 11) is 0. The fourth-order valence-corrected chi connectivity index (χ4v) is 3.40. The van der Waals surface area contributed by atoms with Gasteiger partial charge in [-0.3, -0.25) is 0 Å². The zero-order chi connectivity index (χ0) is 19.8. The second-order valence-electron chi connectivity index (χ2n) is 6.81. The van der Waals surface area contributed by atoms with E-state index in [0.717, 1.165) is 39.3 Å². The number of aromatic amines is 2. The lowest BCUT2D eigenvalue weighted by atomic mass is 10.2. The average Bonchev–Trinajstić information content (AvgIpc) is 3.46. The Balaban J connectivity index is 1.82. The maximum absolute atomic E-state index is 12.4. The van der Waals surface area contributed by atoms with Crippen LogP contribution in [0.5, 0.6) is 0 Å². The van der Waals surface area contributed by atoms with Crippen molar-refractivity contribution in [2.45, 2.75) is 6.92 Å². The highest BCUT2D eigenvalue weighted by atomic mass is 16.5. The average molecular weight is 382 g/mol. The van der Waals surface area contributed by atoms with Gasteiger partial charge >= 0.3 is 5.97 Å². The van der Waals surface area contributed by atoms with Gasteiger partial charge in [0.05, 0.1) is 40.5 Å². The lowest BCUT2D eigenvalue weighted by Gasteiger charge is -1.98. The molecule has 3 aromatic rings. The van der Waals surface area contributed by atoms with Gasteiger partial charge in [-0.05, 0) is 73.7 Å². The summed E-state index contributed by atoms with van der Waals surface area (Å²) in [5, 5.41) is 0. The van der Waals surface area contributed by atoms with Crippen molar-refractivity contribution in [3.05, 3.63) is 70.8 Å². The minimum absolute atomic E-state index is 0.320. The minimum Gasteiger partial charge on any atom is -0.462 e. The molecule has 8 bridgehead atoms. The van der Waals surface area contributed by atoms with E-state index in [-0.39, 0.29) is 5.97 Å². The first-order valence-electron chi connectivity index (χ1n) is 9.42. The van der Waals surface area contributed by atoms with E-state index in [1.54, 1.807) is 13.0 Å². The predicted octanol–water partition coefficient (Wildman–Crippen LogP) is 4.83. The van der Waals surface area contributed by atoms with Crippen LogP contribution in [0.4, 0.5) is 0 Å². The molecule has 5 rings (SSSR count). The van der Waals surface area contributed by atoms with Crippen LogP contribution in [0.1, 0.15) is 40.1 Å². The van der Waals surface area contributed by atoms with Gasteiger partial charge in [-0.15, -0.1) is 0 Å². The van der Waals surface area contributed by atoms with E-state index in [2.05, 4.69) is 19.9 Å². The summed E-state index contributed by atoms with van der Waals surface area (Å²) in [6.45, 7) is 2.11. The van der Waals surface area contributed by atoms with Crippen molar-refractivity contribution in [3.8, 4) is 0 Å². The van der Waals surface area contributed by atoms with E-state index in [1.807, 2.05) is 60.7 Å². The second kappa shape index (κ2) is 6.91. The zero-order valence-corrected chi connectivity index (χ0v) is 15.8. The first-order chi connectivity index (χ1) is 14.2. The summed E-state index contributed by atoms with van der Waals surface area (Å²) >= 11 is 0. The lowest BCUT2D eigenvalue weighted by molar-refractivity contribution is 0.0529. The first kappa shape index (κ1) is 17.2. The number of fused-ring (bicyclic) bond motifs is 8. The van der Waals surface area contributed by atoms with Crippen LogP contribution in [0, 0.1) is 0 Å². The van der Waals surface area contributed by atoms with E-state index in [0.29, 0.717) is 17.7 Å². The van der Waals surface area contributed by atoms with Gasteiger partial charge in [0.2, 0.25) is 0 Å². The van der Waals surface area contributed by atoms with E-state index in [4.69, 9.17) is 4.74 Å². The lowest BCUT2D eigenvalue weighted by Crippen LogP contribution is -2.03. The molecule has 2 aliphatic rings. The molecule has 6 nitrogen and oxygen atoms in total. The molecule has 2 aliphatic heterocycles. The van der Waals surface area contributed by atoms with Crippen LogP contribution in [0.15, 0.2) is 42.5 Å². The molecule has 0 amide bonds. The maximum atomic E-state index is 12.4. The fourth-order valence-electron chi connectivity index (χ4n) is 3.40. The van der Waals surface area contributed by atoms with Crippen LogP contribution in [0.2, 0.25) is 0 Å². The summed E-state index contributed by atoms with van der Waals surface area (Å²) in [6, 6.07) is 13.5. The van der Waals surface area contributed by atoms with Gasteiger partial charge < -0.3 is 14.7 Å². The molecule has 29 heavy (non-hydrogen) atoms. The van der Waals surface area contributed by atoms with E-state index >= 15 is 0 Å². The number of ether oxygens (including phenoxy) is 1. The molecule has 0 atom stereocenters. The van der Waals surface area contributed by atoms with Crippen molar-refractivity contribution in [2.24, 2.45) is 0 Å². The smallest absolute Gasteiger partial charge is 0.340 e. The zero-order valence-electron chi connectivity index (χ0n) is 15.8. The minimum atomic E-state index is -0.361. The van der Waals surface area contributed by atoms with Crippen molar-refractivity contribution < 1.29 is 9.53 Å². The number of carbonyl (C=O) groups is 1. The maximum Gasteiger partial charge on any atom is 0.340 e. The fraction of sp³-hybridized carbons (Fsp3) is 0.0870. The van der Waals surface area contributed by atoms with Gasteiger partial charge in [-0.1, -0.05) is 0 Å². The SMILES string of the molecule is CCOC(=O)c1cc2cc3ccc(cc4nc(cc5nc(cc1[nH]2)C=C5)C=C4)[nH]3. The molecule has 0 spiro atoms. The number of carbonyl (C=O) groups excluding carboxylic acids is 1.